The zero-order chi connectivity index (χ0) is 12.5. The molecule has 0 bridgehead atoms. The summed E-state index contributed by atoms with van der Waals surface area (Å²) >= 11 is -2.20. The molecular formula is C8H13F2NO4S. The molecule has 0 N–H and O–H groups in total. The molecular weight excluding hydrogens is 244 g/mol. The Balaban J connectivity index is 2.76. The number of alkyl halides is 2. The molecule has 16 heavy (non-hydrogen) atoms. The maximum atomic E-state index is 12.5. The first-order valence-corrected chi connectivity index (χ1v) is 5.61. The van der Waals surface area contributed by atoms with Crippen molar-refractivity contribution in [3.8, 4) is 0 Å². The first-order valence-electron chi connectivity index (χ1n) is 4.58. The van der Waals surface area contributed by atoms with Gasteiger partial charge in [-0.05, 0) is 20.8 Å². The molecule has 8 heteroatoms. The van der Waals surface area contributed by atoms with Crippen molar-refractivity contribution in [1.29, 1.82) is 0 Å². The summed E-state index contributed by atoms with van der Waals surface area (Å²) in [4.78, 5) is 11.5. The zero-order valence-corrected chi connectivity index (χ0v) is 9.92. The quantitative estimate of drug-likeness (QED) is 0.713. The van der Waals surface area contributed by atoms with Crippen molar-refractivity contribution in [1.82, 2.24) is 4.31 Å². The summed E-state index contributed by atoms with van der Waals surface area (Å²) in [6, 6.07) is -1.52. The molecule has 0 radical (unpaired) electrons. The van der Waals surface area contributed by atoms with Gasteiger partial charge in [0.2, 0.25) is 0 Å². The van der Waals surface area contributed by atoms with Gasteiger partial charge in [0.05, 0.1) is 6.61 Å². The first-order chi connectivity index (χ1) is 7.22. The summed E-state index contributed by atoms with van der Waals surface area (Å²) in [6.07, 6.45) is -3.88. The molecule has 0 aromatic heterocycles. The minimum absolute atomic E-state index is 0.427. The van der Waals surface area contributed by atoms with Crippen molar-refractivity contribution < 1.29 is 26.7 Å². The van der Waals surface area contributed by atoms with Crippen molar-refractivity contribution in [2.24, 2.45) is 0 Å². The minimum atomic E-state index is -2.82. The Morgan fingerprint density at radius 1 is 1.56 bits per heavy atom. The molecule has 0 aromatic rings. The van der Waals surface area contributed by atoms with Gasteiger partial charge in [-0.25, -0.2) is 17.8 Å². The van der Waals surface area contributed by atoms with E-state index >= 15 is 0 Å². The van der Waals surface area contributed by atoms with E-state index in [2.05, 4.69) is 4.18 Å². The smallest absolute Gasteiger partial charge is 0.424 e. The number of nitrogens with zero attached hydrogens (tertiary/aromatic N) is 1. The summed E-state index contributed by atoms with van der Waals surface area (Å²) in [5.74, 6) is 0. The van der Waals surface area contributed by atoms with E-state index in [1.165, 1.54) is 0 Å². The van der Waals surface area contributed by atoms with Crippen LogP contribution in [0.3, 0.4) is 0 Å². The Hall–Kier alpha value is -0.760. The molecule has 1 aliphatic heterocycles. The summed E-state index contributed by atoms with van der Waals surface area (Å²) in [5.41, 5.74) is -0.837. The Kier molecular flexibility index (Phi) is 3.84. The molecule has 1 aliphatic rings. The summed E-state index contributed by atoms with van der Waals surface area (Å²) < 4.78 is 46.0. The van der Waals surface area contributed by atoms with Crippen LogP contribution in [0, 0.1) is 0 Å². The van der Waals surface area contributed by atoms with Crippen molar-refractivity contribution in [3.05, 3.63) is 0 Å². The van der Waals surface area contributed by atoms with Gasteiger partial charge in [-0.3, -0.25) is 4.18 Å². The Bertz CT molecular complexity index is 305. The van der Waals surface area contributed by atoms with Gasteiger partial charge < -0.3 is 4.74 Å². The van der Waals surface area contributed by atoms with Gasteiger partial charge in [-0.15, -0.1) is 0 Å². The fourth-order valence-electron chi connectivity index (χ4n) is 1.04. The zero-order valence-electron chi connectivity index (χ0n) is 9.11. The monoisotopic (exact) mass is 257 g/mol. The second-order valence-electron chi connectivity index (χ2n) is 4.21. The van der Waals surface area contributed by atoms with E-state index in [4.69, 9.17) is 4.74 Å². The topological polar surface area (TPSA) is 55.8 Å². The second kappa shape index (κ2) is 4.62. The van der Waals surface area contributed by atoms with Crippen LogP contribution in [0.5, 0.6) is 0 Å². The Morgan fingerprint density at radius 3 is 2.56 bits per heavy atom. The third-order valence-electron chi connectivity index (χ3n) is 1.67. The largest absolute Gasteiger partial charge is 0.443 e. The summed E-state index contributed by atoms with van der Waals surface area (Å²) in [6.45, 7) is 4.30. The highest BCUT2D eigenvalue weighted by Crippen LogP contribution is 2.23. The lowest BCUT2D eigenvalue weighted by Gasteiger charge is -2.25. The minimum Gasteiger partial charge on any atom is -0.443 e. The first kappa shape index (κ1) is 13.3. The summed E-state index contributed by atoms with van der Waals surface area (Å²) in [5, 5.41) is 0. The van der Waals surface area contributed by atoms with E-state index in [-0.39, 0.29) is 0 Å². The van der Waals surface area contributed by atoms with E-state index in [9.17, 15) is 17.8 Å². The van der Waals surface area contributed by atoms with Gasteiger partial charge in [0, 0.05) is 0 Å². The van der Waals surface area contributed by atoms with E-state index in [1.54, 1.807) is 20.8 Å². The maximum absolute atomic E-state index is 12.5. The molecule has 0 aromatic carbocycles. The van der Waals surface area contributed by atoms with Crippen molar-refractivity contribution in [2.45, 2.75) is 38.8 Å². The molecule has 1 rings (SSSR count). The number of rotatable bonds is 1. The number of halogens is 2. The molecule has 1 heterocycles. The number of carbonyl (C=O) groups is 1. The highest BCUT2D eigenvalue weighted by atomic mass is 32.2. The van der Waals surface area contributed by atoms with Crippen LogP contribution >= 0.6 is 0 Å². The number of carbonyl (C=O) groups excluding carboxylic acids is 1. The van der Waals surface area contributed by atoms with E-state index in [0.29, 0.717) is 4.31 Å². The molecule has 0 saturated carbocycles. The van der Waals surface area contributed by atoms with Crippen LogP contribution in [-0.2, 0) is 20.2 Å². The predicted molar refractivity (Wildman–Crippen MR) is 52.0 cm³/mol. The molecule has 5 nitrogen and oxygen atoms in total. The van der Waals surface area contributed by atoms with Gasteiger partial charge in [0.1, 0.15) is 11.6 Å². The molecule has 1 fully saturated rings. The number of amides is 1. The molecule has 1 amide bonds. The van der Waals surface area contributed by atoms with E-state index in [1.807, 2.05) is 0 Å². The third-order valence-corrected chi connectivity index (χ3v) is 2.74. The molecule has 1 unspecified atom stereocenters. The number of hydrogen-bond donors (Lipinski definition) is 0. The molecule has 0 spiro atoms. The van der Waals surface area contributed by atoms with Crippen LogP contribution in [0.4, 0.5) is 13.6 Å². The highest BCUT2D eigenvalue weighted by Gasteiger charge is 2.44. The Labute approximate surface area is 94.5 Å². The van der Waals surface area contributed by atoms with Crippen molar-refractivity contribution in [2.75, 3.05) is 6.61 Å². The fourth-order valence-corrected chi connectivity index (χ4v) is 1.94. The molecule has 2 atom stereocenters. The average Bonchev–Trinajstić information content (AvgIpc) is 2.43. The van der Waals surface area contributed by atoms with Gasteiger partial charge in [-0.1, -0.05) is 0 Å². The highest BCUT2D eigenvalue weighted by molar-refractivity contribution is 7.78. The lowest BCUT2D eigenvalue weighted by molar-refractivity contribution is 0.0145. The van der Waals surface area contributed by atoms with Gasteiger partial charge in [-0.2, -0.15) is 4.31 Å². The number of ether oxygens (including phenoxy) is 1. The van der Waals surface area contributed by atoms with Gasteiger partial charge >= 0.3 is 6.09 Å². The number of hydrogen-bond acceptors (Lipinski definition) is 4. The SMILES string of the molecule is CC(C)(C)OC(=O)N1[C@@H](C(F)F)COS1=O. The standard InChI is InChI=1S/C8H13F2NO4S/c1-8(2,3)15-7(12)11-5(6(9)10)4-14-16(11)13/h5-6H,4H2,1-3H3/t5-,16?/m1/s1. The average molecular weight is 257 g/mol. The molecule has 1 saturated heterocycles. The van der Waals surface area contributed by atoms with Crippen LogP contribution in [-0.4, -0.2) is 39.3 Å². The predicted octanol–water partition coefficient (Wildman–Crippen LogP) is 1.47. The summed E-state index contributed by atoms with van der Waals surface area (Å²) in [7, 11) is 0. The van der Waals surface area contributed by atoms with Crippen LogP contribution in [0.15, 0.2) is 0 Å². The van der Waals surface area contributed by atoms with Crippen LogP contribution in [0.1, 0.15) is 20.8 Å². The normalized spacial score (nSPS) is 26.2. The lowest BCUT2D eigenvalue weighted by atomic mass is 10.2. The van der Waals surface area contributed by atoms with Crippen molar-refractivity contribution in [3.63, 3.8) is 0 Å². The van der Waals surface area contributed by atoms with Gasteiger partial charge in [0.25, 0.3) is 17.7 Å². The van der Waals surface area contributed by atoms with E-state index < -0.39 is 42.0 Å². The molecule has 94 valence electrons. The third kappa shape index (κ3) is 3.11. The van der Waals surface area contributed by atoms with Crippen LogP contribution < -0.4 is 0 Å². The maximum Gasteiger partial charge on any atom is 0.424 e. The Morgan fingerprint density at radius 2 is 2.12 bits per heavy atom. The second-order valence-corrected chi connectivity index (χ2v) is 5.27. The molecule has 0 aliphatic carbocycles. The lowest BCUT2D eigenvalue weighted by Crippen LogP contribution is -2.44. The van der Waals surface area contributed by atoms with Crippen LogP contribution in [0.25, 0.3) is 0 Å². The van der Waals surface area contributed by atoms with Crippen LogP contribution in [0.2, 0.25) is 0 Å². The fraction of sp³-hybridized carbons (Fsp3) is 0.875. The van der Waals surface area contributed by atoms with Gasteiger partial charge in [0.15, 0.2) is 0 Å². The van der Waals surface area contributed by atoms with Crippen molar-refractivity contribution >= 4 is 17.4 Å². The van der Waals surface area contributed by atoms with E-state index in [0.717, 1.165) is 0 Å².